The Labute approximate surface area is 181 Å². The topological polar surface area (TPSA) is 66.9 Å². The summed E-state index contributed by atoms with van der Waals surface area (Å²) in [6.45, 7) is -0.917. The molecule has 1 aliphatic rings. The molecular formula is C21H12F7N5. The van der Waals surface area contributed by atoms with Gasteiger partial charge in [0, 0.05) is 12.1 Å². The van der Waals surface area contributed by atoms with Crippen molar-refractivity contribution in [3.8, 4) is 11.8 Å². The van der Waals surface area contributed by atoms with Crippen molar-refractivity contribution in [1.29, 1.82) is 5.26 Å². The summed E-state index contributed by atoms with van der Waals surface area (Å²) >= 11 is 0. The Kier molecular flexibility index (Phi) is 5.23. The highest BCUT2D eigenvalue weighted by atomic mass is 19.4. The van der Waals surface area contributed by atoms with Gasteiger partial charge in [0.1, 0.15) is 30.0 Å². The first-order valence-corrected chi connectivity index (χ1v) is 9.32. The lowest BCUT2D eigenvalue weighted by Gasteiger charge is -2.32. The van der Waals surface area contributed by atoms with Gasteiger partial charge in [0.05, 0.1) is 23.4 Å². The van der Waals surface area contributed by atoms with Crippen molar-refractivity contribution in [3.05, 3.63) is 77.1 Å². The monoisotopic (exact) mass is 467 g/mol. The maximum atomic E-state index is 14.2. The normalized spacial score (nSPS) is 18.8. The minimum Gasteiger partial charge on any atom is -0.288 e. The first kappa shape index (κ1) is 22.4. The van der Waals surface area contributed by atoms with Gasteiger partial charge >= 0.3 is 12.4 Å². The van der Waals surface area contributed by atoms with Crippen molar-refractivity contribution < 1.29 is 30.7 Å². The maximum absolute atomic E-state index is 14.2. The SMILES string of the molecule is N#Cc1cc(C2=NCC(c3cc(F)cc(C(F)(F)F)c3)(C(F)(F)F)C2)ccc1-n1cncn1. The van der Waals surface area contributed by atoms with E-state index >= 15 is 0 Å². The first-order valence-electron chi connectivity index (χ1n) is 9.32. The van der Waals surface area contributed by atoms with Crippen molar-refractivity contribution in [2.75, 3.05) is 6.54 Å². The van der Waals surface area contributed by atoms with Crippen LogP contribution in [0, 0.1) is 17.1 Å². The molecule has 1 atom stereocenters. The Bertz CT molecular complexity index is 1270. The fraction of sp³-hybridized carbons (Fsp3) is 0.238. The third kappa shape index (κ3) is 3.94. The second-order valence-corrected chi connectivity index (χ2v) is 7.43. The molecule has 1 aromatic heterocycles. The molecule has 1 aliphatic heterocycles. The van der Waals surface area contributed by atoms with Gasteiger partial charge in [-0.05, 0) is 41.5 Å². The molecule has 33 heavy (non-hydrogen) atoms. The predicted octanol–water partition coefficient (Wildman–Crippen LogP) is 4.99. The molecule has 1 unspecified atom stereocenters. The number of hydrogen-bond donors (Lipinski definition) is 0. The van der Waals surface area contributed by atoms with Crippen LogP contribution < -0.4 is 0 Å². The molecule has 0 saturated carbocycles. The fourth-order valence-electron chi connectivity index (χ4n) is 3.74. The van der Waals surface area contributed by atoms with E-state index in [-0.39, 0.29) is 22.9 Å². The van der Waals surface area contributed by atoms with Gasteiger partial charge in [-0.3, -0.25) is 4.99 Å². The Morgan fingerprint density at radius 3 is 2.39 bits per heavy atom. The van der Waals surface area contributed by atoms with Crippen LogP contribution in [-0.2, 0) is 11.6 Å². The summed E-state index contributed by atoms with van der Waals surface area (Å²) in [5, 5.41) is 13.4. The first-order chi connectivity index (χ1) is 15.4. The van der Waals surface area contributed by atoms with Gasteiger partial charge in [0.25, 0.3) is 0 Å². The van der Waals surface area contributed by atoms with Gasteiger partial charge in [-0.15, -0.1) is 0 Å². The summed E-state index contributed by atoms with van der Waals surface area (Å²) < 4.78 is 97.2. The molecule has 2 heterocycles. The van der Waals surface area contributed by atoms with Crippen LogP contribution in [0.4, 0.5) is 30.7 Å². The van der Waals surface area contributed by atoms with Crippen LogP contribution in [0.5, 0.6) is 0 Å². The van der Waals surface area contributed by atoms with Gasteiger partial charge in [0.15, 0.2) is 0 Å². The number of aromatic nitrogens is 3. The standard InChI is InChI=1S/C21H12F7N5/c22-16-5-14(4-15(6-16)20(23,24)25)19(21(26,27)28)7-17(31-9-19)12-1-2-18(13(3-12)8-29)33-11-30-10-32-33/h1-6,10-11H,7,9H2. The lowest BCUT2D eigenvalue weighted by molar-refractivity contribution is -0.184. The molecule has 0 spiro atoms. The van der Waals surface area contributed by atoms with E-state index in [4.69, 9.17) is 0 Å². The lowest BCUT2D eigenvalue weighted by Crippen LogP contribution is -2.44. The van der Waals surface area contributed by atoms with Crippen molar-refractivity contribution in [1.82, 2.24) is 14.8 Å². The summed E-state index contributed by atoms with van der Waals surface area (Å²) in [4.78, 5) is 7.71. The van der Waals surface area contributed by atoms with E-state index in [1.165, 1.54) is 35.5 Å². The second-order valence-electron chi connectivity index (χ2n) is 7.43. The second kappa shape index (κ2) is 7.68. The number of benzene rings is 2. The summed E-state index contributed by atoms with van der Waals surface area (Å²) in [5.41, 5.74) is -4.68. The van der Waals surface area contributed by atoms with Gasteiger partial charge in [-0.1, -0.05) is 6.07 Å². The number of aliphatic imine (C=N–C) groups is 1. The van der Waals surface area contributed by atoms with Crippen LogP contribution in [0.3, 0.4) is 0 Å². The van der Waals surface area contributed by atoms with E-state index in [2.05, 4.69) is 15.1 Å². The highest BCUT2D eigenvalue weighted by Gasteiger charge is 2.59. The molecule has 4 rings (SSSR count). The van der Waals surface area contributed by atoms with Gasteiger partial charge < -0.3 is 0 Å². The largest absolute Gasteiger partial charge is 0.416 e. The summed E-state index contributed by atoms with van der Waals surface area (Å²) in [7, 11) is 0. The Hall–Kier alpha value is -3.75. The molecule has 12 heteroatoms. The minimum absolute atomic E-state index is 0.0632. The van der Waals surface area contributed by atoms with E-state index in [0.29, 0.717) is 17.8 Å². The number of rotatable bonds is 3. The molecule has 2 aromatic carbocycles. The number of alkyl halides is 6. The van der Waals surface area contributed by atoms with Crippen molar-refractivity contribution in [2.45, 2.75) is 24.2 Å². The molecule has 0 radical (unpaired) electrons. The average molecular weight is 467 g/mol. The molecule has 170 valence electrons. The van der Waals surface area contributed by atoms with E-state index in [9.17, 15) is 36.0 Å². The Balaban J connectivity index is 1.75. The molecule has 0 fully saturated rings. The van der Waals surface area contributed by atoms with Crippen LogP contribution in [0.15, 0.2) is 54.0 Å². The smallest absolute Gasteiger partial charge is 0.288 e. The molecule has 0 N–H and O–H groups in total. The van der Waals surface area contributed by atoms with Crippen LogP contribution >= 0.6 is 0 Å². The van der Waals surface area contributed by atoms with E-state index in [1.807, 2.05) is 6.07 Å². The maximum Gasteiger partial charge on any atom is 0.416 e. The number of halogens is 7. The Morgan fingerprint density at radius 1 is 1.03 bits per heavy atom. The average Bonchev–Trinajstić information content (AvgIpc) is 3.43. The molecule has 0 bridgehead atoms. The summed E-state index contributed by atoms with van der Waals surface area (Å²) in [5.74, 6) is -1.43. The van der Waals surface area contributed by atoms with Crippen LogP contribution in [0.1, 0.15) is 28.7 Å². The summed E-state index contributed by atoms with van der Waals surface area (Å²) in [6, 6.07) is 7.02. The zero-order valence-corrected chi connectivity index (χ0v) is 16.4. The number of nitriles is 1. The highest BCUT2D eigenvalue weighted by Crippen LogP contribution is 2.49. The Morgan fingerprint density at radius 2 is 1.79 bits per heavy atom. The number of hydrogen-bond acceptors (Lipinski definition) is 4. The van der Waals surface area contributed by atoms with Crippen molar-refractivity contribution in [2.24, 2.45) is 4.99 Å². The van der Waals surface area contributed by atoms with Gasteiger partial charge in [-0.25, -0.2) is 14.1 Å². The fourth-order valence-corrected chi connectivity index (χ4v) is 3.74. The number of nitrogens with zero attached hydrogens (tertiary/aromatic N) is 5. The van der Waals surface area contributed by atoms with Gasteiger partial charge in [-0.2, -0.15) is 36.7 Å². The lowest BCUT2D eigenvalue weighted by atomic mass is 9.76. The van der Waals surface area contributed by atoms with Crippen LogP contribution in [0.25, 0.3) is 5.69 Å². The summed E-state index contributed by atoms with van der Waals surface area (Å²) in [6.07, 6.45) is -8.29. The van der Waals surface area contributed by atoms with E-state index in [0.717, 1.165) is 0 Å². The zero-order valence-electron chi connectivity index (χ0n) is 16.4. The molecule has 0 aliphatic carbocycles. The highest BCUT2D eigenvalue weighted by molar-refractivity contribution is 6.03. The molecular weight excluding hydrogens is 455 g/mol. The van der Waals surface area contributed by atoms with E-state index in [1.54, 1.807) is 0 Å². The third-order valence-electron chi connectivity index (χ3n) is 5.45. The van der Waals surface area contributed by atoms with Crippen LogP contribution in [0.2, 0.25) is 0 Å². The molecule has 5 nitrogen and oxygen atoms in total. The van der Waals surface area contributed by atoms with Crippen molar-refractivity contribution in [3.63, 3.8) is 0 Å². The van der Waals surface area contributed by atoms with Crippen LogP contribution in [-0.4, -0.2) is 33.2 Å². The van der Waals surface area contributed by atoms with Crippen molar-refractivity contribution >= 4 is 5.71 Å². The zero-order chi connectivity index (χ0) is 24.0. The van der Waals surface area contributed by atoms with Gasteiger partial charge in [0.2, 0.25) is 0 Å². The predicted molar refractivity (Wildman–Crippen MR) is 101 cm³/mol. The molecule has 0 saturated heterocycles. The molecule has 3 aromatic rings. The molecule has 0 amide bonds. The van der Waals surface area contributed by atoms with E-state index < -0.39 is 47.7 Å². The quantitative estimate of drug-likeness (QED) is 0.510. The third-order valence-corrected chi connectivity index (χ3v) is 5.45. The minimum atomic E-state index is -5.02.